The van der Waals surface area contributed by atoms with Gasteiger partial charge in [-0.2, -0.15) is 0 Å². The summed E-state index contributed by atoms with van der Waals surface area (Å²) in [6.45, 7) is 1.13. The van der Waals surface area contributed by atoms with E-state index in [4.69, 9.17) is 11.6 Å². The molecule has 0 aliphatic carbocycles. The lowest BCUT2D eigenvalue weighted by atomic mass is 10.1. The Labute approximate surface area is 93.4 Å². The molecule has 0 aromatic heterocycles. The molecule has 1 aromatic rings. The Balaban J connectivity index is 2.76. The van der Waals surface area contributed by atoms with Crippen molar-refractivity contribution in [2.45, 2.75) is 18.7 Å². The van der Waals surface area contributed by atoms with E-state index in [1.807, 2.05) is 25.1 Å². The molecule has 1 unspecified atom stereocenters. The third-order valence-electron chi connectivity index (χ3n) is 2.08. The number of benzene rings is 1. The van der Waals surface area contributed by atoms with Gasteiger partial charge in [0.1, 0.15) is 12.1 Å². The number of aryl methyl sites for hydroxylation is 1. The highest BCUT2D eigenvalue weighted by molar-refractivity contribution is 6.32. The fraction of sp³-hybridized carbons (Fsp3) is 0.364. The van der Waals surface area contributed by atoms with Crippen LogP contribution in [-0.2, 0) is 11.2 Å². The minimum atomic E-state index is -1.12. The predicted molar refractivity (Wildman–Crippen MR) is 60.1 cm³/mol. The molecule has 1 aromatic carbocycles. The molecule has 1 rings (SSSR count). The van der Waals surface area contributed by atoms with Crippen molar-refractivity contribution in [2.24, 2.45) is 0 Å². The highest BCUT2D eigenvalue weighted by Gasteiger charge is 2.15. The van der Waals surface area contributed by atoms with Crippen LogP contribution in [0.4, 0.5) is 10.1 Å². The van der Waals surface area contributed by atoms with Gasteiger partial charge in [-0.3, -0.25) is 4.79 Å². The van der Waals surface area contributed by atoms with Crippen molar-refractivity contribution in [1.82, 2.24) is 0 Å². The van der Waals surface area contributed by atoms with Crippen molar-refractivity contribution >= 4 is 23.2 Å². The van der Waals surface area contributed by atoms with Crippen LogP contribution in [0.25, 0.3) is 0 Å². The summed E-state index contributed by atoms with van der Waals surface area (Å²) in [5.41, 5.74) is 1.71. The number of carbonyl (C=O) groups excluding carboxylic acids is 1. The van der Waals surface area contributed by atoms with Crippen LogP contribution in [0, 0.1) is 0 Å². The lowest BCUT2D eigenvalue weighted by Gasteiger charge is -2.10. The minimum Gasteiger partial charge on any atom is -0.324 e. The van der Waals surface area contributed by atoms with E-state index in [1.165, 1.54) is 0 Å². The second-order valence-corrected chi connectivity index (χ2v) is 3.65. The number of para-hydroxylation sites is 1. The van der Waals surface area contributed by atoms with Gasteiger partial charge in [-0.15, -0.1) is 11.6 Å². The molecular formula is C11H13ClFNO. The molecule has 0 saturated heterocycles. The van der Waals surface area contributed by atoms with Crippen LogP contribution in [0.5, 0.6) is 0 Å². The summed E-state index contributed by atoms with van der Waals surface area (Å²) in [5.74, 6) is -0.500. The Morgan fingerprint density at radius 3 is 2.80 bits per heavy atom. The first-order chi connectivity index (χ1) is 7.19. The molecule has 0 radical (unpaired) electrons. The highest BCUT2D eigenvalue weighted by atomic mass is 35.5. The lowest BCUT2D eigenvalue weighted by Crippen LogP contribution is -2.25. The number of alkyl halides is 2. The zero-order chi connectivity index (χ0) is 11.3. The van der Waals surface area contributed by atoms with Gasteiger partial charge >= 0.3 is 0 Å². The molecule has 1 amide bonds. The van der Waals surface area contributed by atoms with E-state index < -0.39 is 18.0 Å². The molecule has 0 spiro atoms. The quantitative estimate of drug-likeness (QED) is 0.791. The van der Waals surface area contributed by atoms with E-state index in [0.29, 0.717) is 5.69 Å². The van der Waals surface area contributed by atoms with Crippen molar-refractivity contribution in [3.05, 3.63) is 29.8 Å². The van der Waals surface area contributed by atoms with Crippen molar-refractivity contribution in [3.8, 4) is 0 Å². The molecular weight excluding hydrogens is 217 g/mol. The van der Waals surface area contributed by atoms with Crippen LogP contribution in [-0.4, -0.2) is 18.0 Å². The zero-order valence-corrected chi connectivity index (χ0v) is 9.22. The van der Waals surface area contributed by atoms with Gasteiger partial charge in [-0.1, -0.05) is 25.1 Å². The van der Waals surface area contributed by atoms with Crippen LogP contribution < -0.4 is 5.32 Å². The van der Waals surface area contributed by atoms with E-state index in [0.717, 1.165) is 12.0 Å². The Kier molecular flexibility index (Phi) is 4.56. The van der Waals surface area contributed by atoms with E-state index in [2.05, 4.69) is 5.32 Å². The second-order valence-electron chi connectivity index (χ2n) is 3.12. The summed E-state index contributed by atoms with van der Waals surface area (Å²) >= 11 is 5.47. The fourth-order valence-corrected chi connectivity index (χ4v) is 1.29. The molecule has 0 aliphatic heterocycles. The van der Waals surface area contributed by atoms with Crippen LogP contribution in [0.2, 0.25) is 0 Å². The van der Waals surface area contributed by atoms with Crippen LogP contribution in [0.15, 0.2) is 24.3 Å². The van der Waals surface area contributed by atoms with Gasteiger partial charge in [0.25, 0.3) is 0 Å². The Bertz CT molecular complexity index is 343. The minimum absolute atomic E-state index is 0.500. The Morgan fingerprint density at radius 1 is 1.53 bits per heavy atom. The highest BCUT2D eigenvalue weighted by Crippen LogP contribution is 2.16. The Hall–Kier alpha value is -1.09. The smallest absolute Gasteiger partial charge is 0.245 e. The van der Waals surface area contributed by atoms with Crippen LogP contribution in [0.3, 0.4) is 0 Å². The normalized spacial score (nSPS) is 12.2. The number of anilines is 1. The van der Waals surface area contributed by atoms with Gasteiger partial charge in [-0.05, 0) is 18.1 Å². The summed E-state index contributed by atoms with van der Waals surface area (Å²) < 4.78 is 12.1. The number of hydrogen-bond donors (Lipinski definition) is 1. The molecule has 0 aliphatic rings. The molecule has 1 N–H and O–H groups in total. The Morgan fingerprint density at radius 2 is 2.20 bits per heavy atom. The maximum atomic E-state index is 12.1. The van der Waals surface area contributed by atoms with Gasteiger partial charge < -0.3 is 5.32 Å². The topological polar surface area (TPSA) is 29.1 Å². The number of nitrogens with one attached hydrogen (secondary N) is 1. The third-order valence-corrected chi connectivity index (χ3v) is 2.39. The fourth-order valence-electron chi connectivity index (χ4n) is 1.23. The van der Waals surface area contributed by atoms with Crippen LogP contribution in [0.1, 0.15) is 12.5 Å². The molecule has 0 fully saturated rings. The van der Waals surface area contributed by atoms with Gasteiger partial charge in [0, 0.05) is 5.69 Å². The summed E-state index contributed by atoms with van der Waals surface area (Å²) in [4.78, 5) is 11.3. The molecule has 2 nitrogen and oxygen atoms in total. The van der Waals surface area contributed by atoms with Crippen molar-refractivity contribution in [3.63, 3.8) is 0 Å². The average Bonchev–Trinajstić information content (AvgIpc) is 2.28. The van der Waals surface area contributed by atoms with E-state index in [9.17, 15) is 9.18 Å². The number of rotatable bonds is 4. The summed E-state index contributed by atoms with van der Waals surface area (Å²) in [6, 6.07) is 7.39. The first kappa shape index (κ1) is 12.0. The molecule has 1 atom stereocenters. The van der Waals surface area contributed by atoms with E-state index >= 15 is 0 Å². The first-order valence-corrected chi connectivity index (χ1v) is 5.21. The predicted octanol–water partition coefficient (Wildman–Crippen LogP) is 2.76. The van der Waals surface area contributed by atoms with Crippen LogP contribution >= 0.6 is 11.6 Å². The van der Waals surface area contributed by atoms with E-state index in [-0.39, 0.29) is 0 Å². The number of carbonyl (C=O) groups is 1. The van der Waals surface area contributed by atoms with Gasteiger partial charge in [0.05, 0.1) is 0 Å². The monoisotopic (exact) mass is 229 g/mol. The maximum absolute atomic E-state index is 12.1. The molecule has 15 heavy (non-hydrogen) atoms. The number of halogens is 2. The third kappa shape index (κ3) is 3.20. The molecule has 82 valence electrons. The van der Waals surface area contributed by atoms with Gasteiger partial charge in [0.15, 0.2) is 0 Å². The average molecular weight is 230 g/mol. The largest absolute Gasteiger partial charge is 0.324 e. The van der Waals surface area contributed by atoms with Crippen molar-refractivity contribution in [1.29, 1.82) is 0 Å². The lowest BCUT2D eigenvalue weighted by molar-refractivity contribution is -0.116. The molecule has 0 saturated carbocycles. The number of amides is 1. The number of hydrogen-bond acceptors (Lipinski definition) is 1. The van der Waals surface area contributed by atoms with Gasteiger partial charge in [0.2, 0.25) is 5.91 Å². The maximum Gasteiger partial charge on any atom is 0.245 e. The summed E-state index contributed by atoms with van der Waals surface area (Å²) in [5, 5.41) is 1.49. The summed E-state index contributed by atoms with van der Waals surface area (Å²) in [6.07, 6.45) is 0.805. The first-order valence-electron chi connectivity index (χ1n) is 4.77. The standard InChI is InChI=1S/C11H13ClFNO/c1-2-8-5-3-4-6-10(8)14-11(15)9(12)7-13/h3-6,9H,2,7H2,1H3,(H,14,15). The van der Waals surface area contributed by atoms with Crippen molar-refractivity contribution in [2.75, 3.05) is 12.0 Å². The van der Waals surface area contributed by atoms with E-state index in [1.54, 1.807) is 6.07 Å². The molecule has 4 heteroatoms. The zero-order valence-electron chi connectivity index (χ0n) is 8.47. The second kappa shape index (κ2) is 5.71. The summed E-state index contributed by atoms with van der Waals surface area (Å²) in [7, 11) is 0. The SMILES string of the molecule is CCc1ccccc1NC(=O)C(Cl)CF. The molecule has 0 bridgehead atoms. The van der Waals surface area contributed by atoms with Crippen molar-refractivity contribution < 1.29 is 9.18 Å². The van der Waals surface area contributed by atoms with Gasteiger partial charge in [-0.25, -0.2) is 4.39 Å². The molecule has 0 heterocycles.